The summed E-state index contributed by atoms with van der Waals surface area (Å²) < 4.78 is 18.2. The Labute approximate surface area is 182 Å². The van der Waals surface area contributed by atoms with Crippen LogP contribution in [-0.2, 0) is 14.3 Å². The van der Waals surface area contributed by atoms with Gasteiger partial charge in [-0.25, -0.2) is 4.39 Å². The Morgan fingerprint density at radius 2 is 2.17 bits per heavy atom. The van der Waals surface area contributed by atoms with Crippen LogP contribution in [0.25, 0.3) is 0 Å². The van der Waals surface area contributed by atoms with Gasteiger partial charge >= 0.3 is 0 Å². The molecule has 1 unspecified atom stereocenters. The van der Waals surface area contributed by atoms with Crippen molar-refractivity contribution in [2.24, 2.45) is 5.92 Å². The van der Waals surface area contributed by atoms with Gasteiger partial charge in [0.25, 0.3) is 5.91 Å². The van der Waals surface area contributed by atoms with Gasteiger partial charge in [0.05, 0.1) is 5.76 Å². The van der Waals surface area contributed by atoms with Gasteiger partial charge in [-0.15, -0.1) is 0 Å². The highest BCUT2D eigenvalue weighted by molar-refractivity contribution is 6.31. The van der Waals surface area contributed by atoms with Crippen LogP contribution in [0, 0.1) is 5.92 Å². The maximum atomic E-state index is 12.9. The van der Waals surface area contributed by atoms with Gasteiger partial charge in [0.15, 0.2) is 0 Å². The standard InChI is InChI=1S/C22H31ClFN3O3/c1-4-5-18(19(23)10-15(3)30-13-14(2)24)12-26-21(28)17-8-9-25-20(11-17)27-22(29)16-6-7-16/h8,10-11,14,16,25H,4-7,9,12-13H2,1-3H3,(H,26,28)(H,27,29)/b15-10+,19-18-. The predicted octanol–water partition coefficient (Wildman–Crippen LogP) is 3.57. The molecule has 1 atom stereocenters. The van der Waals surface area contributed by atoms with E-state index < -0.39 is 6.17 Å². The molecular formula is C22H31ClFN3O3. The second-order valence-corrected chi connectivity index (χ2v) is 8.00. The molecule has 0 aromatic carbocycles. The molecule has 30 heavy (non-hydrogen) atoms. The smallest absolute Gasteiger partial charge is 0.251 e. The molecule has 1 aliphatic heterocycles. The molecule has 166 valence electrons. The number of dihydropyridines is 1. The lowest BCUT2D eigenvalue weighted by Crippen LogP contribution is -2.36. The van der Waals surface area contributed by atoms with E-state index in [9.17, 15) is 14.0 Å². The van der Waals surface area contributed by atoms with Gasteiger partial charge < -0.3 is 20.7 Å². The summed E-state index contributed by atoms with van der Waals surface area (Å²) in [6, 6.07) is 0. The maximum Gasteiger partial charge on any atom is 0.251 e. The van der Waals surface area contributed by atoms with E-state index in [1.807, 2.05) is 6.92 Å². The largest absolute Gasteiger partial charge is 0.495 e. The zero-order valence-electron chi connectivity index (χ0n) is 17.8. The van der Waals surface area contributed by atoms with E-state index in [0.29, 0.717) is 35.2 Å². The van der Waals surface area contributed by atoms with Crippen molar-refractivity contribution in [2.45, 2.75) is 52.6 Å². The van der Waals surface area contributed by atoms with Crippen LogP contribution in [0.5, 0.6) is 0 Å². The Hall–Kier alpha value is -2.28. The minimum Gasteiger partial charge on any atom is -0.495 e. The second kappa shape index (κ2) is 11.8. The van der Waals surface area contributed by atoms with Crippen LogP contribution in [0.15, 0.2) is 46.0 Å². The van der Waals surface area contributed by atoms with Crippen molar-refractivity contribution >= 4 is 23.4 Å². The molecule has 8 heteroatoms. The van der Waals surface area contributed by atoms with Gasteiger partial charge in [-0.2, -0.15) is 0 Å². The summed E-state index contributed by atoms with van der Waals surface area (Å²) in [4.78, 5) is 24.5. The Morgan fingerprint density at radius 1 is 1.43 bits per heavy atom. The van der Waals surface area contributed by atoms with E-state index in [-0.39, 0.29) is 30.9 Å². The Balaban J connectivity index is 1.96. The summed E-state index contributed by atoms with van der Waals surface area (Å²) in [5.74, 6) is 0.898. The number of alkyl halides is 1. The van der Waals surface area contributed by atoms with Gasteiger partial charge in [0.2, 0.25) is 5.91 Å². The van der Waals surface area contributed by atoms with E-state index in [1.54, 1.807) is 25.2 Å². The molecule has 0 aromatic heterocycles. The van der Waals surface area contributed by atoms with E-state index >= 15 is 0 Å². The number of rotatable bonds is 11. The molecule has 1 saturated carbocycles. The van der Waals surface area contributed by atoms with E-state index in [2.05, 4.69) is 16.0 Å². The molecule has 1 heterocycles. The van der Waals surface area contributed by atoms with E-state index in [1.165, 1.54) is 6.92 Å². The number of ether oxygens (including phenoxy) is 1. The first-order valence-electron chi connectivity index (χ1n) is 10.4. The molecular weight excluding hydrogens is 409 g/mol. The summed E-state index contributed by atoms with van der Waals surface area (Å²) in [5.41, 5.74) is 1.35. The highest BCUT2D eigenvalue weighted by Crippen LogP contribution is 2.29. The summed E-state index contributed by atoms with van der Waals surface area (Å²) >= 11 is 6.42. The van der Waals surface area contributed by atoms with Crippen molar-refractivity contribution in [1.82, 2.24) is 16.0 Å². The zero-order valence-corrected chi connectivity index (χ0v) is 18.6. The summed E-state index contributed by atoms with van der Waals surface area (Å²) in [5, 5.41) is 9.24. The number of halogens is 2. The van der Waals surface area contributed by atoms with Crippen molar-refractivity contribution in [3.63, 3.8) is 0 Å². The number of amides is 2. The van der Waals surface area contributed by atoms with Crippen molar-refractivity contribution < 1.29 is 18.7 Å². The van der Waals surface area contributed by atoms with Crippen molar-refractivity contribution in [3.8, 4) is 0 Å². The van der Waals surface area contributed by atoms with E-state index in [0.717, 1.165) is 24.8 Å². The number of carbonyl (C=O) groups excluding carboxylic acids is 2. The molecule has 2 amide bonds. The van der Waals surface area contributed by atoms with Crippen LogP contribution in [0.4, 0.5) is 4.39 Å². The lowest BCUT2D eigenvalue weighted by atomic mass is 10.1. The fourth-order valence-electron chi connectivity index (χ4n) is 2.81. The monoisotopic (exact) mass is 439 g/mol. The first-order chi connectivity index (χ1) is 14.3. The fraction of sp³-hybridized carbons (Fsp3) is 0.545. The third kappa shape index (κ3) is 8.22. The first-order valence-corrected chi connectivity index (χ1v) is 10.7. The highest BCUT2D eigenvalue weighted by atomic mass is 35.5. The lowest BCUT2D eigenvalue weighted by molar-refractivity contribution is -0.121. The third-order valence-corrected chi connectivity index (χ3v) is 4.98. The van der Waals surface area contributed by atoms with Crippen LogP contribution in [0.3, 0.4) is 0 Å². The molecule has 1 fully saturated rings. The Bertz CT molecular complexity index is 768. The quantitative estimate of drug-likeness (QED) is 0.339. The van der Waals surface area contributed by atoms with Gasteiger partial charge in [-0.05, 0) is 50.8 Å². The fourth-order valence-corrected chi connectivity index (χ4v) is 3.12. The van der Waals surface area contributed by atoms with Crippen molar-refractivity contribution in [3.05, 3.63) is 46.0 Å². The first kappa shape index (κ1) is 24.0. The highest BCUT2D eigenvalue weighted by Gasteiger charge is 2.30. The predicted molar refractivity (Wildman–Crippen MR) is 116 cm³/mol. The van der Waals surface area contributed by atoms with Gasteiger partial charge in [-0.1, -0.05) is 31.0 Å². The topological polar surface area (TPSA) is 79.5 Å². The molecule has 0 radical (unpaired) electrons. The van der Waals surface area contributed by atoms with Crippen LogP contribution in [-0.4, -0.2) is 37.7 Å². The molecule has 0 aromatic rings. The number of nitrogens with one attached hydrogen (secondary N) is 3. The molecule has 0 spiro atoms. The molecule has 1 aliphatic carbocycles. The third-order valence-electron chi connectivity index (χ3n) is 4.61. The Morgan fingerprint density at radius 3 is 2.80 bits per heavy atom. The number of carbonyl (C=O) groups is 2. The molecule has 0 saturated heterocycles. The molecule has 2 aliphatic rings. The number of hydrogen-bond donors (Lipinski definition) is 3. The van der Waals surface area contributed by atoms with Gasteiger partial charge in [-0.3, -0.25) is 9.59 Å². The molecule has 2 rings (SSSR count). The zero-order chi connectivity index (χ0) is 22.1. The molecule has 0 bridgehead atoms. The number of allylic oxidation sites excluding steroid dienone is 3. The normalized spacial score (nSPS) is 18.4. The van der Waals surface area contributed by atoms with Gasteiger partial charge in [0.1, 0.15) is 18.6 Å². The summed E-state index contributed by atoms with van der Waals surface area (Å²) in [6.07, 6.45) is 7.40. The van der Waals surface area contributed by atoms with E-state index in [4.69, 9.17) is 16.3 Å². The SMILES string of the molecule is CCC/C(CNC(=O)C1=CCNC(NC(=O)C2CC2)=C1)=C(Cl)\C=C(/C)OCC(C)F. The Kier molecular flexibility index (Phi) is 9.43. The van der Waals surface area contributed by atoms with Crippen molar-refractivity contribution in [1.29, 1.82) is 0 Å². The number of hydrogen-bond acceptors (Lipinski definition) is 4. The van der Waals surface area contributed by atoms with Crippen LogP contribution < -0.4 is 16.0 Å². The molecule has 3 N–H and O–H groups in total. The van der Waals surface area contributed by atoms with Crippen LogP contribution >= 0.6 is 11.6 Å². The average molecular weight is 440 g/mol. The summed E-state index contributed by atoms with van der Waals surface area (Å²) in [6.45, 7) is 5.89. The summed E-state index contributed by atoms with van der Waals surface area (Å²) in [7, 11) is 0. The van der Waals surface area contributed by atoms with Gasteiger partial charge in [0, 0.05) is 29.6 Å². The van der Waals surface area contributed by atoms with Crippen LogP contribution in [0.1, 0.15) is 46.5 Å². The second-order valence-electron chi connectivity index (χ2n) is 7.59. The minimum atomic E-state index is -1.06. The average Bonchev–Trinajstić information content (AvgIpc) is 3.55. The van der Waals surface area contributed by atoms with Crippen LogP contribution in [0.2, 0.25) is 0 Å². The maximum absolute atomic E-state index is 12.9. The minimum absolute atomic E-state index is 0.0121. The molecule has 6 nitrogen and oxygen atoms in total. The lowest BCUT2D eigenvalue weighted by Gasteiger charge is -2.17. The van der Waals surface area contributed by atoms with Crippen molar-refractivity contribution in [2.75, 3.05) is 19.7 Å².